The van der Waals surface area contributed by atoms with E-state index in [1.807, 2.05) is 13.8 Å². The number of aldehydes is 1. The van der Waals surface area contributed by atoms with Crippen molar-refractivity contribution in [3.8, 4) is 28.4 Å². The molecule has 11 heteroatoms. The first-order chi connectivity index (χ1) is 19.2. The molecule has 3 aromatic rings. The smallest absolute Gasteiger partial charge is 0.347 e. The molecule has 8 nitrogen and oxygen atoms in total. The molecule has 0 aliphatic rings. The number of aryl methyl sites for hydroxylation is 3. The number of hydrogen-bond donors (Lipinski definition) is 1. The second-order valence-electron chi connectivity index (χ2n) is 8.76. The lowest BCUT2D eigenvalue weighted by Crippen LogP contribution is -2.12. The number of hydrogen-bond acceptors (Lipinski definition) is 8. The quantitative estimate of drug-likeness (QED) is 0.160. The van der Waals surface area contributed by atoms with Crippen LogP contribution in [0.4, 0.5) is 0 Å². The van der Waals surface area contributed by atoms with E-state index in [-0.39, 0.29) is 17.1 Å². The van der Waals surface area contributed by atoms with Gasteiger partial charge in [0.05, 0.1) is 14.2 Å². The summed E-state index contributed by atoms with van der Waals surface area (Å²) in [6.45, 7) is 8.49. The summed E-state index contributed by atoms with van der Waals surface area (Å²) in [5.74, 6) is 0.205. The van der Waals surface area contributed by atoms with Crippen LogP contribution in [-0.4, -0.2) is 36.6 Å². The molecule has 0 saturated heterocycles. The number of rotatable bonds is 8. The zero-order valence-corrected chi connectivity index (χ0v) is 26.2. The van der Waals surface area contributed by atoms with Crippen LogP contribution in [0.2, 0.25) is 10.0 Å². The van der Waals surface area contributed by atoms with Crippen molar-refractivity contribution in [1.82, 2.24) is 0 Å². The van der Waals surface area contributed by atoms with E-state index in [1.165, 1.54) is 34.1 Å². The minimum Gasteiger partial charge on any atom is -0.507 e. The van der Waals surface area contributed by atoms with Crippen LogP contribution in [0.5, 0.6) is 17.2 Å². The van der Waals surface area contributed by atoms with Crippen LogP contribution in [0.3, 0.4) is 0 Å². The van der Waals surface area contributed by atoms with E-state index in [4.69, 9.17) is 48.7 Å². The lowest BCUT2D eigenvalue weighted by Gasteiger charge is -2.16. The maximum atomic E-state index is 12.1. The van der Waals surface area contributed by atoms with Crippen LogP contribution < -0.4 is 15.1 Å². The molecule has 0 bridgehead atoms. The number of carbonyl (C=O) groups excluding carboxylic acids is 3. The second-order valence-corrected chi connectivity index (χ2v) is 10.0. The van der Waals surface area contributed by atoms with Crippen molar-refractivity contribution in [2.45, 2.75) is 53.4 Å². The first-order valence-electron chi connectivity index (χ1n) is 12.4. The Hall–Kier alpha value is -3.33. The van der Waals surface area contributed by atoms with Crippen LogP contribution in [0.15, 0.2) is 39.5 Å². The van der Waals surface area contributed by atoms with Crippen LogP contribution in [0.25, 0.3) is 11.1 Å². The fourth-order valence-electron chi connectivity index (χ4n) is 3.88. The molecule has 41 heavy (non-hydrogen) atoms. The molecule has 0 fully saturated rings. The average Bonchev–Trinajstić information content (AvgIpc) is 2.89. The highest BCUT2D eigenvalue weighted by Gasteiger charge is 2.25. The maximum Gasteiger partial charge on any atom is 0.347 e. The predicted molar refractivity (Wildman–Crippen MR) is 161 cm³/mol. The summed E-state index contributed by atoms with van der Waals surface area (Å²) in [7, 11) is 2.94. The summed E-state index contributed by atoms with van der Waals surface area (Å²) >= 11 is 17.4. The minimum atomic E-state index is -1.01. The van der Waals surface area contributed by atoms with E-state index in [2.05, 4.69) is 0 Å². The Labute approximate surface area is 254 Å². The van der Waals surface area contributed by atoms with E-state index in [0.717, 1.165) is 11.1 Å². The van der Waals surface area contributed by atoms with E-state index in [9.17, 15) is 24.3 Å². The fraction of sp³-hybridized carbons (Fsp3) is 0.333. The molecule has 1 heterocycles. The Morgan fingerprint density at radius 3 is 1.83 bits per heavy atom. The van der Waals surface area contributed by atoms with Crippen LogP contribution in [0, 0.1) is 6.92 Å². The van der Waals surface area contributed by atoms with Crippen molar-refractivity contribution in [3.05, 3.63) is 73.2 Å². The standard InChI is InChI=1S/C15H15ClO4.C12H12Cl2O3.C3H6O/c1-4-9-6-10(16)7-12(19-3)13(9)14-11(17)5-8(2)20-15(14)18;1-3-7-4-8(13)5-10(17-2)11(7)9(6-15)12(14)16;1-3(2)4/h5-7,17H,4H2,1-3H3;4-6,9H,3H2,1-2H3;1-2H3. The molecule has 0 saturated carbocycles. The highest BCUT2D eigenvalue weighted by Crippen LogP contribution is 2.39. The zero-order chi connectivity index (χ0) is 31.4. The third-order valence-corrected chi connectivity index (χ3v) is 6.21. The van der Waals surface area contributed by atoms with Gasteiger partial charge in [0.1, 0.15) is 46.6 Å². The lowest BCUT2D eigenvalue weighted by molar-refractivity contribution is -0.119. The summed E-state index contributed by atoms with van der Waals surface area (Å²) in [5, 5.41) is 10.4. The van der Waals surface area contributed by atoms with Crippen molar-refractivity contribution in [1.29, 1.82) is 0 Å². The molecular formula is C30H33Cl3O8. The zero-order valence-electron chi connectivity index (χ0n) is 23.9. The van der Waals surface area contributed by atoms with Gasteiger partial charge in [0, 0.05) is 27.2 Å². The van der Waals surface area contributed by atoms with Gasteiger partial charge in [-0.15, -0.1) is 0 Å². The number of halogens is 3. The van der Waals surface area contributed by atoms with Gasteiger partial charge < -0.3 is 28.6 Å². The van der Waals surface area contributed by atoms with Crippen molar-refractivity contribution in [3.63, 3.8) is 0 Å². The van der Waals surface area contributed by atoms with Gasteiger partial charge in [-0.25, -0.2) is 4.79 Å². The third-order valence-electron chi connectivity index (χ3n) is 5.54. The molecule has 0 aliphatic carbocycles. The molecule has 3 rings (SSSR count). The molecule has 0 aliphatic heterocycles. The van der Waals surface area contributed by atoms with Crippen molar-refractivity contribution in [2.75, 3.05) is 14.2 Å². The number of ether oxygens (including phenoxy) is 2. The Morgan fingerprint density at radius 1 is 0.927 bits per heavy atom. The lowest BCUT2D eigenvalue weighted by atomic mass is 9.93. The topological polar surface area (TPSA) is 120 Å². The van der Waals surface area contributed by atoms with E-state index < -0.39 is 16.8 Å². The van der Waals surface area contributed by atoms with Gasteiger partial charge in [-0.1, -0.05) is 37.0 Å². The van der Waals surface area contributed by atoms with Gasteiger partial charge in [0.15, 0.2) is 0 Å². The van der Waals surface area contributed by atoms with Gasteiger partial charge in [-0.2, -0.15) is 0 Å². The largest absolute Gasteiger partial charge is 0.507 e. The number of ketones is 1. The summed E-state index contributed by atoms with van der Waals surface area (Å²) in [4.78, 5) is 43.7. The molecular weight excluding hydrogens is 595 g/mol. The van der Waals surface area contributed by atoms with Gasteiger partial charge in [-0.05, 0) is 80.6 Å². The van der Waals surface area contributed by atoms with Crippen molar-refractivity contribution < 1.29 is 33.4 Å². The number of benzene rings is 2. The molecule has 0 spiro atoms. The maximum absolute atomic E-state index is 12.1. The van der Waals surface area contributed by atoms with Crippen molar-refractivity contribution in [2.24, 2.45) is 0 Å². The number of methoxy groups -OCH3 is 2. The predicted octanol–water partition coefficient (Wildman–Crippen LogP) is 7.10. The fourth-order valence-corrected chi connectivity index (χ4v) is 4.50. The van der Waals surface area contributed by atoms with E-state index >= 15 is 0 Å². The molecule has 222 valence electrons. The number of Topliss-reactive ketones (excluding diaryl/α,β-unsaturated/α-hetero) is 1. The first kappa shape index (κ1) is 35.7. The van der Waals surface area contributed by atoms with Gasteiger partial charge >= 0.3 is 5.63 Å². The Kier molecular flexibility index (Phi) is 14.6. The summed E-state index contributed by atoms with van der Waals surface area (Å²) in [6, 6.07) is 8.03. The van der Waals surface area contributed by atoms with Gasteiger partial charge in [0.2, 0.25) is 5.24 Å². The first-order valence-corrected chi connectivity index (χ1v) is 13.6. The normalized spacial score (nSPS) is 10.8. The van der Waals surface area contributed by atoms with Crippen molar-refractivity contribution >= 4 is 52.1 Å². The van der Waals surface area contributed by atoms with E-state index in [0.29, 0.717) is 57.6 Å². The summed E-state index contributed by atoms with van der Waals surface area (Å²) in [5.41, 5.74) is 2.10. The molecule has 2 aromatic carbocycles. The average molecular weight is 628 g/mol. The van der Waals surface area contributed by atoms with E-state index in [1.54, 1.807) is 31.2 Å². The Bertz CT molecular complexity index is 1390. The molecule has 1 atom stereocenters. The molecule has 1 unspecified atom stereocenters. The number of carbonyl (C=O) groups is 3. The highest BCUT2D eigenvalue weighted by atomic mass is 35.5. The Balaban J connectivity index is 0.000000367. The molecule has 1 aromatic heterocycles. The monoisotopic (exact) mass is 626 g/mol. The van der Waals surface area contributed by atoms with Crippen LogP contribution >= 0.6 is 34.8 Å². The molecule has 0 radical (unpaired) electrons. The highest BCUT2D eigenvalue weighted by molar-refractivity contribution is 6.66. The molecule has 1 N–H and O–H groups in total. The molecule has 0 amide bonds. The Morgan fingerprint density at radius 2 is 1.41 bits per heavy atom. The van der Waals surface area contributed by atoms with Gasteiger partial charge in [0.25, 0.3) is 0 Å². The summed E-state index contributed by atoms with van der Waals surface area (Å²) < 4.78 is 15.5. The summed E-state index contributed by atoms with van der Waals surface area (Å²) in [6.07, 6.45) is 1.78. The van der Waals surface area contributed by atoms with Crippen LogP contribution in [-0.2, 0) is 27.2 Å². The second kappa shape index (κ2) is 16.8. The minimum absolute atomic E-state index is 0.0981. The van der Waals surface area contributed by atoms with Gasteiger partial charge in [-0.3, -0.25) is 4.79 Å². The third kappa shape index (κ3) is 9.92. The SMILES string of the molecule is CC(C)=O.CCc1cc(Cl)cc(OC)c1-c1c(O)cc(C)oc1=O.CCc1cc(Cl)cc(OC)c1C(C=O)C(=O)Cl. The van der Waals surface area contributed by atoms with Crippen LogP contribution in [0.1, 0.15) is 56.1 Å². The number of aromatic hydroxyl groups is 1.